The van der Waals surface area contributed by atoms with E-state index in [0.29, 0.717) is 6.61 Å². The smallest absolute Gasteiger partial charge is 0.127 e. The minimum absolute atomic E-state index is 0.248. The van der Waals surface area contributed by atoms with E-state index in [4.69, 9.17) is 9.47 Å². The quantitative estimate of drug-likeness (QED) is 0.667. The van der Waals surface area contributed by atoms with E-state index < -0.39 is 0 Å². The molecule has 1 saturated carbocycles. The maximum atomic E-state index is 5.83. The molecule has 1 aliphatic carbocycles. The number of para-hydroxylation sites is 1. The van der Waals surface area contributed by atoms with Gasteiger partial charge in [-0.05, 0) is 42.7 Å². The fourth-order valence-corrected chi connectivity index (χ4v) is 2.26. The van der Waals surface area contributed by atoms with Crippen molar-refractivity contribution in [3.8, 4) is 11.5 Å². The first kappa shape index (κ1) is 13.9. The van der Waals surface area contributed by atoms with E-state index in [0.717, 1.165) is 23.7 Å². The zero-order valence-electron chi connectivity index (χ0n) is 12.1. The third-order valence-electron chi connectivity index (χ3n) is 3.86. The minimum Gasteiger partial charge on any atom is -0.457 e. The lowest BCUT2D eigenvalue weighted by Crippen LogP contribution is -2.07. The van der Waals surface area contributed by atoms with Crippen LogP contribution >= 0.6 is 0 Å². The minimum atomic E-state index is 0.248. The molecule has 3 rings (SSSR count). The van der Waals surface area contributed by atoms with Crippen molar-refractivity contribution in [1.29, 1.82) is 0 Å². The van der Waals surface area contributed by atoms with E-state index in [9.17, 15) is 0 Å². The van der Waals surface area contributed by atoms with Crippen LogP contribution in [0.1, 0.15) is 18.4 Å². The van der Waals surface area contributed by atoms with Crippen LogP contribution in [0.5, 0.6) is 11.5 Å². The maximum Gasteiger partial charge on any atom is 0.127 e. The van der Waals surface area contributed by atoms with Crippen LogP contribution in [0, 0.1) is 5.41 Å². The van der Waals surface area contributed by atoms with Crippen LogP contribution in [-0.2, 0) is 11.3 Å². The SMILES string of the molecule is C=CC1(COCc2cccc(Oc3ccccc3)c2)CC1. The molecule has 0 bridgehead atoms. The highest BCUT2D eigenvalue weighted by atomic mass is 16.5. The van der Waals surface area contributed by atoms with Crippen LogP contribution in [0.2, 0.25) is 0 Å². The summed E-state index contributed by atoms with van der Waals surface area (Å²) in [5.74, 6) is 1.69. The lowest BCUT2D eigenvalue weighted by molar-refractivity contribution is 0.0927. The summed E-state index contributed by atoms with van der Waals surface area (Å²) in [5.41, 5.74) is 1.38. The highest BCUT2D eigenvalue weighted by Crippen LogP contribution is 2.46. The molecular formula is C19H20O2. The van der Waals surface area contributed by atoms with Crippen molar-refractivity contribution < 1.29 is 9.47 Å². The Morgan fingerprint density at radius 2 is 1.76 bits per heavy atom. The summed E-state index contributed by atoms with van der Waals surface area (Å²) in [7, 11) is 0. The molecule has 0 aliphatic heterocycles. The van der Waals surface area contributed by atoms with E-state index in [1.807, 2.05) is 54.6 Å². The third kappa shape index (κ3) is 3.73. The lowest BCUT2D eigenvalue weighted by Gasteiger charge is -2.11. The van der Waals surface area contributed by atoms with Crippen molar-refractivity contribution in [1.82, 2.24) is 0 Å². The molecule has 0 amide bonds. The van der Waals surface area contributed by atoms with Crippen LogP contribution in [0.3, 0.4) is 0 Å². The van der Waals surface area contributed by atoms with E-state index in [-0.39, 0.29) is 5.41 Å². The van der Waals surface area contributed by atoms with Gasteiger partial charge < -0.3 is 9.47 Å². The number of hydrogen-bond acceptors (Lipinski definition) is 2. The average Bonchev–Trinajstić information content (AvgIpc) is 3.29. The first-order chi connectivity index (χ1) is 10.3. The molecule has 21 heavy (non-hydrogen) atoms. The van der Waals surface area contributed by atoms with Gasteiger partial charge in [0.25, 0.3) is 0 Å². The Labute approximate surface area is 126 Å². The largest absolute Gasteiger partial charge is 0.457 e. The highest BCUT2D eigenvalue weighted by Gasteiger charge is 2.39. The Hall–Kier alpha value is -2.06. The Bertz CT molecular complexity index is 600. The Morgan fingerprint density at radius 3 is 2.48 bits per heavy atom. The molecule has 0 heterocycles. The van der Waals surface area contributed by atoms with E-state index in [1.165, 1.54) is 12.8 Å². The Balaban J connectivity index is 1.57. The molecule has 2 nitrogen and oxygen atoms in total. The molecule has 0 atom stereocenters. The molecule has 2 heteroatoms. The molecule has 108 valence electrons. The molecular weight excluding hydrogens is 260 g/mol. The van der Waals surface area contributed by atoms with Gasteiger partial charge in [0, 0.05) is 5.41 Å². The van der Waals surface area contributed by atoms with E-state index in [1.54, 1.807) is 0 Å². The second kappa shape index (κ2) is 6.15. The standard InChI is InChI=1S/C19H20O2/c1-2-19(11-12-19)15-20-14-16-7-6-10-18(13-16)21-17-8-4-3-5-9-17/h2-10,13H,1,11-12,14-15H2. The fourth-order valence-electron chi connectivity index (χ4n) is 2.26. The van der Waals surface area contributed by atoms with Gasteiger partial charge in [0.15, 0.2) is 0 Å². The summed E-state index contributed by atoms with van der Waals surface area (Å²) in [4.78, 5) is 0. The summed E-state index contributed by atoms with van der Waals surface area (Å²) >= 11 is 0. The highest BCUT2D eigenvalue weighted by molar-refractivity contribution is 5.33. The summed E-state index contributed by atoms with van der Waals surface area (Å²) in [6.07, 6.45) is 4.43. The van der Waals surface area contributed by atoms with Crippen molar-refractivity contribution in [2.24, 2.45) is 5.41 Å². The molecule has 0 spiro atoms. The number of ether oxygens (including phenoxy) is 2. The van der Waals surface area contributed by atoms with Gasteiger partial charge in [-0.15, -0.1) is 6.58 Å². The summed E-state index contributed by atoms with van der Waals surface area (Å²) in [6, 6.07) is 17.9. The topological polar surface area (TPSA) is 18.5 Å². The second-order valence-corrected chi connectivity index (χ2v) is 5.62. The molecule has 0 N–H and O–H groups in total. The molecule has 1 fully saturated rings. The number of benzene rings is 2. The first-order valence-electron chi connectivity index (χ1n) is 7.33. The van der Waals surface area contributed by atoms with Gasteiger partial charge in [-0.2, -0.15) is 0 Å². The van der Waals surface area contributed by atoms with Gasteiger partial charge in [-0.3, -0.25) is 0 Å². The molecule has 1 aliphatic rings. The fraction of sp³-hybridized carbons (Fsp3) is 0.263. The summed E-state index contributed by atoms with van der Waals surface area (Å²) in [6.45, 7) is 5.26. The van der Waals surface area contributed by atoms with Crippen molar-refractivity contribution in [2.75, 3.05) is 6.61 Å². The zero-order valence-corrected chi connectivity index (χ0v) is 12.1. The average molecular weight is 280 g/mol. The van der Waals surface area contributed by atoms with Crippen LogP contribution in [0.15, 0.2) is 67.3 Å². The number of rotatable bonds is 7. The van der Waals surface area contributed by atoms with Crippen LogP contribution < -0.4 is 4.74 Å². The molecule has 0 aromatic heterocycles. The van der Waals surface area contributed by atoms with Gasteiger partial charge in [0.2, 0.25) is 0 Å². The van der Waals surface area contributed by atoms with Gasteiger partial charge in [-0.25, -0.2) is 0 Å². The number of hydrogen-bond donors (Lipinski definition) is 0. The molecule has 0 unspecified atom stereocenters. The van der Waals surface area contributed by atoms with Gasteiger partial charge in [0.1, 0.15) is 11.5 Å². The van der Waals surface area contributed by atoms with Gasteiger partial charge in [0.05, 0.1) is 13.2 Å². The van der Waals surface area contributed by atoms with Gasteiger partial charge >= 0.3 is 0 Å². The van der Waals surface area contributed by atoms with E-state index in [2.05, 4.69) is 12.6 Å². The van der Waals surface area contributed by atoms with Crippen LogP contribution in [0.25, 0.3) is 0 Å². The lowest BCUT2D eigenvalue weighted by atomic mass is 10.1. The van der Waals surface area contributed by atoms with Crippen molar-refractivity contribution >= 4 is 0 Å². The summed E-state index contributed by atoms with van der Waals surface area (Å²) in [5, 5.41) is 0. The normalized spacial score (nSPS) is 15.4. The van der Waals surface area contributed by atoms with Crippen LogP contribution in [0.4, 0.5) is 0 Å². The van der Waals surface area contributed by atoms with Gasteiger partial charge in [-0.1, -0.05) is 36.4 Å². The third-order valence-corrected chi connectivity index (χ3v) is 3.86. The zero-order chi connectivity index (χ0) is 14.5. The molecule has 0 radical (unpaired) electrons. The molecule has 2 aromatic rings. The monoisotopic (exact) mass is 280 g/mol. The predicted octanol–water partition coefficient (Wildman–Crippen LogP) is 4.96. The van der Waals surface area contributed by atoms with E-state index >= 15 is 0 Å². The van der Waals surface area contributed by atoms with Crippen molar-refractivity contribution in [3.05, 3.63) is 72.8 Å². The Morgan fingerprint density at radius 1 is 1.00 bits per heavy atom. The summed E-state index contributed by atoms with van der Waals surface area (Å²) < 4.78 is 11.6. The van der Waals surface area contributed by atoms with Crippen molar-refractivity contribution in [2.45, 2.75) is 19.4 Å². The predicted molar refractivity (Wildman–Crippen MR) is 84.5 cm³/mol. The van der Waals surface area contributed by atoms with Crippen LogP contribution in [-0.4, -0.2) is 6.61 Å². The second-order valence-electron chi connectivity index (χ2n) is 5.62. The maximum absolute atomic E-state index is 5.83. The first-order valence-corrected chi connectivity index (χ1v) is 7.33. The van der Waals surface area contributed by atoms with Crippen molar-refractivity contribution in [3.63, 3.8) is 0 Å². The Kier molecular flexibility index (Phi) is 4.07. The molecule has 2 aromatic carbocycles. The molecule has 0 saturated heterocycles.